The molecule has 27 heavy (non-hydrogen) atoms. The van der Waals surface area contributed by atoms with Gasteiger partial charge in [0.2, 0.25) is 0 Å². The molecule has 3 aromatic rings. The average molecular weight is 425 g/mol. The Labute approximate surface area is 165 Å². The van der Waals surface area contributed by atoms with E-state index in [4.69, 9.17) is 0 Å². The quantitative estimate of drug-likeness (QED) is 0.643. The Morgan fingerprint density at radius 1 is 0.926 bits per heavy atom. The Kier molecular flexibility index (Phi) is 5.06. The van der Waals surface area contributed by atoms with Crippen molar-refractivity contribution in [2.24, 2.45) is 0 Å². The van der Waals surface area contributed by atoms with Crippen LogP contribution in [-0.2, 0) is 0 Å². The first-order valence-corrected chi connectivity index (χ1v) is 9.39. The number of halogens is 1. The van der Waals surface area contributed by atoms with E-state index in [0.29, 0.717) is 18.7 Å². The summed E-state index contributed by atoms with van der Waals surface area (Å²) < 4.78 is 0.802. The maximum Gasteiger partial charge on any atom is 0.255 e. The van der Waals surface area contributed by atoms with Crippen LogP contribution in [0.25, 0.3) is 11.3 Å². The topological polar surface area (TPSA) is 75.1 Å². The van der Waals surface area contributed by atoms with Crippen LogP contribution in [0.1, 0.15) is 10.4 Å². The van der Waals surface area contributed by atoms with Crippen molar-refractivity contribution in [2.45, 2.75) is 0 Å². The monoisotopic (exact) mass is 424 g/mol. The molecule has 0 radical (unpaired) electrons. The highest BCUT2D eigenvalue weighted by atomic mass is 79.9. The second-order valence-corrected chi connectivity index (χ2v) is 7.10. The molecule has 8 heteroatoms. The average Bonchev–Trinajstić information content (AvgIpc) is 2.74. The molecule has 0 aliphatic carbocycles. The molecular weight excluding hydrogens is 408 g/mol. The van der Waals surface area contributed by atoms with Crippen LogP contribution in [0.3, 0.4) is 0 Å². The van der Waals surface area contributed by atoms with Gasteiger partial charge in [-0.1, -0.05) is 0 Å². The number of anilines is 1. The summed E-state index contributed by atoms with van der Waals surface area (Å²) in [6, 6.07) is 9.54. The Bertz CT molecular complexity index is 926. The van der Waals surface area contributed by atoms with Crippen molar-refractivity contribution in [1.29, 1.82) is 0 Å². The molecule has 0 spiro atoms. The minimum atomic E-state index is 0.00238. The minimum Gasteiger partial charge on any atom is -0.352 e. The number of hydrogen-bond acceptors (Lipinski definition) is 6. The van der Waals surface area contributed by atoms with Gasteiger partial charge < -0.3 is 9.80 Å². The molecule has 136 valence electrons. The predicted molar refractivity (Wildman–Crippen MR) is 105 cm³/mol. The summed E-state index contributed by atoms with van der Waals surface area (Å²) in [5.41, 5.74) is 2.40. The lowest BCUT2D eigenvalue weighted by atomic mass is 10.2. The number of amides is 1. The Hall–Kier alpha value is -2.87. The standard InChI is InChI=1S/C19H17BrN6O/c20-16-11-15(12-22-13-16)19(27)26-9-7-25(8-10-26)18-2-1-17(23-24-18)14-3-5-21-6-4-14/h1-6,11-13H,7-10H2. The Morgan fingerprint density at radius 2 is 1.70 bits per heavy atom. The lowest BCUT2D eigenvalue weighted by Gasteiger charge is -2.35. The molecule has 4 rings (SSSR count). The van der Waals surface area contributed by atoms with E-state index in [1.807, 2.05) is 29.2 Å². The highest BCUT2D eigenvalue weighted by Crippen LogP contribution is 2.19. The Balaban J connectivity index is 1.40. The molecule has 7 nitrogen and oxygen atoms in total. The zero-order chi connectivity index (χ0) is 18.6. The largest absolute Gasteiger partial charge is 0.352 e. The third-order valence-electron chi connectivity index (χ3n) is 4.47. The van der Waals surface area contributed by atoms with Crippen LogP contribution in [-0.4, -0.2) is 57.2 Å². The van der Waals surface area contributed by atoms with E-state index in [1.54, 1.807) is 30.9 Å². The molecule has 1 aliphatic rings. The smallest absolute Gasteiger partial charge is 0.255 e. The van der Waals surface area contributed by atoms with E-state index < -0.39 is 0 Å². The Morgan fingerprint density at radius 3 is 2.37 bits per heavy atom. The van der Waals surface area contributed by atoms with Crippen molar-refractivity contribution in [3.05, 3.63) is 65.2 Å². The van der Waals surface area contributed by atoms with Gasteiger partial charge in [-0.15, -0.1) is 10.2 Å². The van der Waals surface area contributed by atoms with Gasteiger partial charge in [0, 0.05) is 61.0 Å². The summed E-state index contributed by atoms with van der Waals surface area (Å²) in [7, 11) is 0. The summed E-state index contributed by atoms with van der Waals surface area (Å²) in [4.78, 5) is 24.7. The number of carbonyl (C=O) groups excluding carboxylic acids is 1. The fraction of sp³-hybridized carbons (Fsp3) is 0.211. The summed E-state index contributed by atoms with van der Waals surface area (Å²) in [5.74, 6) is 0.826. The van der Waals surface area contributed by atoms with Crippen LogP contribution in [0.4, 0.5) is 5.82 Å². The van der Waals surface area contributed by atoms with E-state index in [0.717, 1.165) is 34.6 Å². The minimum absolute atomic E-state index is 0.00238. The molecule has 3 aromatic heterocycles. The maximum atomic E-state index is 12.6. The van der Waals surface area contributed by atoms with Gasteiger partial charge in [-0.3, -0.25) is 14.8 Å². The van der Waals surface area contributed by atoms with E-state index in [1.165, 1.54) is 0 Å². The van der Waals surface area contributed by atoms with Gasteiger partial charge >= 0.3 is 0 Å². The molecule has 0 saturated carbocycles. The van der Waals surface area contributed by atoms with E-state index >= 15 is 0 Å². The number of aromatic nitrogens is 4. The van der Waals surface area contributed by atoms with Crippen LogP contribution in [0.2, 0.25) is 0 Å². The van der Waals surface area contributed by atoms with Crippen LogP contribution in [0.15, 0.2) is 59.6 Å². The summed E-state index contributed by atoms with van der Waals surface area (Å²) in [6.07, 6.45) is 6.75. The van der Waals surface area contributed by atoms with E-state index in [9.17, 15) is 4.79 Å². The van der Waals surface area contributed by atoms with Gasteiger partial charge in [0.05, 0.1) is 11.3 Å². The third-order valence-corrected chi connectivity index (χ3v) is 4.90. The van der Waals surface area contributed by atoms with E-state index in [2.05, 4.69) is 41.0 Å². The van der Waals surface area contributed by atoms with Gasteiger partial charge in [0.15, 0.2) is 5.82 Å². The van der Waals surface area contributed by atoms with E-state index in [-0.39, 0.29) is 5.91 Å². The molecule has 4 heterocycles. The second kappa shape index (κ2) is 7.79. The first-order chi connectivity index (χ1) is 13.2. The van der Waals surface area contributed by atoms with Crippen LogP contribution in [0.5, 0.6) is 0 Å². The zero-order valence-corrected chi connectivity index (χ0v) is 16.1. The van der Waals surface area contributed by atoms with Crippen molar-refractivity contribution in [3.63, 3.8) is 0 Å². The highest BCUT2D eigenvalue weighted by molar-refractivity contribution is 9.10. The van der Waals surface area contributed by atoms with Crippen molar-refractivity contribution in [1.82, 2.24) is 25.1 Å². The lowest BCUT2D eigenvalue weighted by molar-refractivity contribution is 0.0746. The summed E-state index contributed by atoms with van der Waals surface area (Å²) in [5, 5.41) is 8.68. The van der Waals surface area contributed by atoms with Gasteiger partial charge in [0.25, 0.3) is 5.91 Å². The molecule has 1 aliphatic heterocycles. The zero-order valence-electron chi connectivity index (χ0n) is 14.5. The van der Waals surface area contributed by atoms with Crippen molar-refractivity contribution >= 4 is 27.7 Å². The molecule has 0 aromatic carbocycles. The highest BCUT2D eigenvalue weighted by Gasteiger charge is 2.23. The van der Waals surface area contributed by atoms with Crippen molar-refractivity contribution < 1.29 is 4.79 Å². The van der Waals surface area contributed by atoms with Gasteiger partial charge in [-0.05, 0) is 46.3 Å². The third kappa shape index (κ3) is 3.95. The van der Waals surface area contributed by atoms with Crippen LogP contribution >= 0.6 is 15.9 Å². The van der Waals surface area contributed by atoms with Crippen molar-refractivity contribution in [3.8, 4) is 11.3 Å². The SMILES string of the molecule is O=C(c1cncc(Br)c1)N1CCN(c2ccc(-c3ccncc3)nn2)CC1. The molecule has 1 saturated heterocycles. The van der Waals surface area contributed by atoms with Gasteiger partial charge in [-0.25, -0.2) is 0 Å². The number of rotatable bonds is 3. The molecule has 0 bridgehead atoms. The molecular formula is C19H17BrN6O. The lowest BCUT2D eigenvalue weighted by Crippen LogP contribution is -2.49. The number of carbonyl (C=O) groups is 1. The number of piperazine rings is 1. The van der Waals surface area contributed by atoms with Crippen molar-refractivity contribution in [2.75, 3.05) is 31.1 Å². The first-order valence-electron chi connectivity index (χ1n) is 8.59. The van der Waals surface area contributed by atoms with Gasteiger partial charge in [0.1, 0.15) is 0 Å². The molecule has 0 unspecified atom stereocenters. The predicted octanol–water partition coefficient (Wildman–Crippen LogP) is 2.66. The normalized spacial score (nSPS) is 14.3. The summed E-state index contributed by atoms with van der Waals surface area (Å²) in [6.45, 7) is 2.71. The molecule has 1 amide bonds. The molecule has 0 atom stereocenters. The fourth-order valence-electron chi connectivity index (χ4n) is 3.02. The number of pyridine rings is 2. The maximum absolute atomic E-state index is 12.6. The number of hydrogen-bond donors (Lipinski definition) is 0. The molecule has 1 fully saturated rings. The second-order valence-electron chi connectivity index (χ2n) is 6.18. The first kappa shape index (κ1) is 17.5. The summed E-state index contributed by atoms with van der Waals surface area (Å²) >= 11 is 3.36. The van der Waals surface area contributed by atoms with Gasteiger partial charge in [-0.2, -0.15) is 0 Å². The van der Waals surface area contributed by atoms with Crippen LogP contribution in [0, 0.1) is 0 Å². The van der Waals surface area contributed by atoms with Crippen LogP contribution < -0.4 is 4.90 Å². The fourth-order valence-corrected chi connectivity index (χ4v) is 3.39. The molecule has 0 N–H and O–H groups in total. The number of nitrogens with zero attached hydrogens (tertiary/aromatic N) is 6.